The number of ether oxygens (including phenoxy) is 5. The Hall–Kier alpha value is -2.91. The van der Waals surface area contributed by atoms with Crippen LogP contribution in [0.1, 0.15) is 23.6 Å². The van der Waals surface area contributed by atoms with Gasteiger partial charge in [-0.3, -0.25) is 0 Å². The number of aryl methyl sites for hydroxylation is 1. The second-order valence-corrected chi connectivity index (χ2v) is 10.2. The number of aromatic nitrogens is 3. The van der Waals surface area contributed by atoms with Gasteiger partial charge in [-0.1, -0.05) is 11.6 Å². The summed E-state index contributed by atoms with van der Waals surface area (Å²) in [6, 6.07) is 4.28. The van der Waals surface area contributed by atoms with Gasteiger partial charge in [-0.05, 0) is 30.5 Å². The molecule has 0 bridgehead atoms. The molecule has 1 aliphatic carbocycles. The van der Waals surface area contributed by atoms with E-state index in [1.807, 2.05) is 0 Å². The highest BCUT2D eigenvalue weighted by molar-refractivity contribution is 6.33. The summed E-state index contributed by atoms with van der Waals surface area (Å²) < 4.78 is 78.6. The molecule has 4 heterocycles. The van der Waals surface area contributed by atoms with Crippen LogP contribution in [-0.4, -0.2) is 83.7 Å². The number of alkyl halides is 3. The number of aliphatic hydroxyl groups is 1. The molecule has 3 aliphatic rings. The molecule has 2 fully saturated rings. The number of nitrogens with one attached hydrogen (secondary N) is 2. The largest absolute Gasteiger partial charge is 0.491 e. The van der Waals surface area contributed by atoms with E-state index in [1.54, 1.807) is 12.1 Å². The van der Waals surface area contributed by atoms with E-state index in [9.17, 15) is 18.3 Å². The molecule has 5 atom stereocenters. The summed E-state index contributed by atoms with van der Waals surface area (Å²) >= 11 is 6.48. The predicted molar refractivity (Wildman–Crippen MR) is 132 cm³/mol. The van der Waals surface area contributed by atoms with E-state index in [0.29, 0.717) is 46.0 Å². The van der Waals surface area contributed by atoms with Gasteiger partial charge in [0.2, 0.25) is 0 Å². The number of pyridine rings is 1. The van der Waals surface area contributed by atoms with E-state index >= 15 is 4.39 Å². The Morgan fingerprint density at radius 2 is 1.95 bits per heavy atom. The van der Waals surface area contributed by atoms with Crippen molar-refractivity contribution in [3.63, 3.8) is 0 Å². The summed E-state index contributed by atoms with van der Waals surface area (Å²) in [7, 11) is 0. The molecular weight excluding hydrogens is 564 g/mol. The zero-order chi connectivity index (χ0) is 28.0. The lowest BCUT2D eigenvalue weighted by molar-refractivity contribution is -0.175. The molecule has 40 heavy (non-hydrogen) atoms. The molecule has 0 amide bonds. The highest BCUT2D eigenvalue weighted by Crippen LogP contribution is 2.39. The second kappa shape index (κ2) is 10.8. The minimum atomic E-state index is -4.41. The van der Waals surface area contributed by atoms with Crippen molar-refractivity contribution < 1.29 is 46.4 Å². The lowest BCUT2D eigenvalue weighted by Crippen LogP contribution is -2.34. The minimum absolute atomic E-state index is 0.144. The average Bonchev–Trinajstić information content (AvgIpc) is 3.65. The van der Waals surface area contributed by atoms with Crippen LogP contribution in [0.15, 0.2) is 18.2 Å². The maximum absolute atomic E-state index is 15.1. The molecule has 6 rings (SSSR count). The molecular formula is C25H25ClF4N4O6. The number of nitrogens with zero attached hydrogens (tertiary/aromatic N) is 2. The number of fused-ring (bicyclic) bond motifs is 3. The van der Waals surface area contributed by atoms with Gasteiger partial charge in [0.05, 0.1) is 36.4 Å². The molecule has 0 spiro atoms. The van der Waals surface area contributed by atoms with Crippen molar-refractivity contribution in [2.24, 2.45) is 0 Å². The molecule has 0 radical (unpaired) electrons. The highest BCUT2D eigenvalue weighted by atomic mass is 35.5. The van der Waals surface area contributed by atoms with Gasteiger partial charge in [0.15, 0.2) is 11.8 Å². The second-order valence-electron chi connectivity index (χ2n) is 9.78. The van der Waals surface area contributed by atoms with Crippen LogP contribution in [0.4, 0.5) is 23.4 Å². The fraction of sp³-hybridized carbons (Fsp3) is 0.520. The van der Waals surface area contributed by atoms with Crippen molar-refractivity contribution in [3.8, 4) is 11.8 Å². The fourth-order valence-corrected chi connectivity index (χ4v) is 5.43. The van der Waals surface area contributed by atoms with Gasteiger partial charge in [-0.25, -0.2) is 9.37 Å². The van der Waals surface area contributed by atoms with Gasteiger partial charge >= 0.3 is 6.18 Å². The number of H-pyrrole nitrogens is 1. The molecule has 0 saturated carbocycles. The summed E-state index contributed by atoms with van der Waals surface area (Å²) in [6.45, 7) is -1.36. The summed E-state index contributed by atoms with van der Waals surface area (Å²) in [4.78, 5) is 11.9. The first kappa shape index (κ1) is 27.3. The van der Waals surface area contributed by atoms with Gasteiger partial charge in [0.25, 0.3) is 6.01 Å². The van der Waals surface area contributed by atoms with E-state index in [2.05, 4.69) is 25.0 Å². The van der Waals surface area contributed by atoms with Crippen molar-refractivity contribution in [3.05, 3.63) is 40.2 Å². The molecule has 3 unspecified atom stereocenters. The summed E-state index contributed by atoms with van der Waals surface area (Å²) in [5.41, 5.74) is 2.03. The molecule has 216 valence electrons. The van der Waals surface area contributed by atoms with Gasteiger partial charge in [-0.15, -0.1) is 0 Å². The summed E-state index contributed by atoms with van der Waals surface area (Å²) in [5, 5.41) is 13.4. The molecule has 1 aromatic carbocycles. The van der Waals surface area contributed by atoms with E-state index in [1.165, 1.54) is 6.07 Å². The van der Waals surface area contributed by atoms with Gasteiger partial charge in [0.1, 0.15) is 48.9 Å². The van der Waals surface area contributed by atoms with E-state index in [0.717, 1.165) is 0 Å². The monoisotopic (exact) mass is 588 g/mol. The number of aromatic amines is 1. The van der Waals surface area contributed by atoms with Crippen LogP contribution in [0.2, 0.25) is 5.02 Å². The predicted octanol–water partition coefficient (Wildman–Crippen LogP) is 3.71. The van der Waals surface area contributed by atoms with Gasteiger partial charge in [0, 0.05) is 11.6 Å². The zero-order valence-corrected chi connectivity index (χ0v) is 21.6. The maximum Gasteiger partial charge on any atom is 0.411 e. The third-order valence-electron chi connectivity index (χ3n) is 6.96. The molecule has 3 aromatic rings. The lowest BCUT2D eigenvalue weighted by atomic mass is 10.1. The Morgan fingerprint density at radius 3 is 2.77 bits per heavy atom. The van der Waals surface area contributed by atoms with E-state index in [4.69, 9.17) is 30.5 Å². The number of rotatable bonds is 9. The standard InChI is InChI=1S/C25H25ClF4N4O6/c26-13-7-16-23(34-24(32-16)40-18-9-39-20-17(35)8-38-21(18)20)33-22(13)31-15-2-1-11-5-12(6-14(27)19(11)15)37-4-3-36-10-25(28,29)30/h5-7,15,17-18,20-21,35H,1-4,8-10H2,(H2,31,32,33,34)/t15?,17-,18-,20?,21?/m1/s1. The Kier molecular flexibility index (Phi) is 7.38. The van der Waals surface area contributed by atoms with Crippen LogP contribution in [0.5, 0.6) is 11.8 Å². The first-order valence-electron chi connectivity index (χ1n) is 12.6. The minimum Gasteiger partial charge on any atom is -0.491 e. The number of hydrogen-bond donors (Lipinski definition) is 3. The Bertz CT molecular complexity index is 1390. The molecule has 2 saturated heterocycles. The van der Waals surface area contributed by atoms with Crippen LogP contribution in [0.25, 0.3) is 11.2 Å². The molecule has 3 N–H and O–H groups in total. The number of halogens is 5. The first-order chi connectivity index (χ1) is 19.1. The topological polar surface area (TPSA) is 120 Å². The quantitative estimate of drug-likeness (QED) is 0.254. The molecule has 2 aromatic heterocycles. The zero-order valence-electron chi connectivity index (χ0n) is 20.8. The van der Waals surface area contributed by atoms with Crippen LogP contribution >= 0.6 is 11.6 Å². The number of benzene rings is 1. The van der Waals surface area contributed by atoms with E-state index < -0.39 is 49.1 Å². The van der Waals surface area contributed by atoms with Crippen LogP contribution < -0.4 is 14.8 Å². The number of imidazole rings is 1. The summed E-state index contributed by atoms with van der Waals surface area (Å²) in [6.07, 6.45) is -5.29. The number of anilines is 1. The average molecular weight is 589 g/mol. The van der Waals surface area contributed by atoms with Crippen LogP contribution in [0, 0.1) is 5.82 Å². The van der Waals surface area contributed by atoms with E-state index in [-0.39, 0.29) is 38.2 Å². The lowest BCUT2D eigenvalue weighted by Gasteiger charge is -2.17. The third-order valence-corrected chi connectivity index (χ3v) is 7.25. The van der Waals surface area contributed by atoms with Crippen molar-refractivity contribution in [1.29, 1.82) is 0 Å². The smallest absolute Gasteiger partial charge is 0.411 e. The van der Waals surface area contributed by atoms with Gasteiger partial charge < -0.3 is 39.1 Å². The van der Waals surface area contributed by atoms with Crippen molar-refractivity contribution >= 4 is 28.6 Å². The summed E-state index contributed by atoms with van der Waals surface area (Å²) in [5.74, 6) is 0.0199. The Labute approximate surface area is 229 Å². The third kappa shape index (κ3) is 5.63. The van der Waals surface area contributed by atoms with Crippen molar-refractivity contribution in [2.75, 3.05) is 38.4 Å². The van der Waals surface area contributed by atoms with Crippen molar-refractivity contribution in [1.82, 2.24) is 15.0 Å². The number of aliphatic hydroxyl groups excluding tert-OH is 1. The fourth-order valence-electron chi connectivity index (χ4n) is 5.23. The SMILES string of the molecule is O[C@@H]1COC2C1OC[C@H]2Oc1nc2nc(NC3CCc4cc(OCCOCC(F)(F)F)cc(F)c43)c(Cl)cc2[nH]1. The maximum atomic E-state index is 15.1. The normalized spacial score (nSPS) is 25.8. The Balaban J connectivity index is 1.11. The van der Waals surface area contributed by atoms with Crippen LogP contribution in [-0.2, 0) is 20.6 Å². The molecule has 2 aliphatic heterocycles. The van der Waals surface area contributed by atoms with Gasteiger partial charge in [-0.2, -0.15) is 18.2 Å². The highest BCUT2D eigenvalue weighted by Gasteiger charge is 2.48. The number of hydrogen-bond acceptors (Lipinski definition) is 9. The first-order valence-corrected chi connectivity index (χ1v) is 13.0. The van der Waals surface area contributed by atoms with Crippen LogP contribution in [0.3, 0.4) is 0 Å². The molecule has 15 heteroatoms. The van der Waals surface area contributed by atoms with Crippen molar-refractivity contribution in [2.45, 2.75) is 49.5 Å². The Morgan fingerprint density at radius 1 is 1.12 bits per heavy atom. The molecule has 10 nitrogen and oxygen atoms in total.